The van der Waals surface area contributed by atoms with E-state index in [1.54, 1.807) is 13.0 Å². The molecule has 0 bridgehead atoms. The fourth-order valence-electron chi connectivity index (χ4n) is 1.63. The lowest BCUT2D eigenvalue weighted by molar-refractivity contribution is -0.138. The standard InChI is InChI=1S/C13H17ClN2O3/c1-3-9(5-12(17)18)6-16-13(19)10-7-15-8(2)4-11(10)14/h4,7,9H,3,5-6H2,1-2H3,(H,16,19)(H,17,18). The fourth-order valence-corrected chi connectivity index (χ4v) is 1.93. The van der Waals surface area contributed by atoms with Gasteiger partial charge in [-0.25, -0.2) is 0 Å². The normalized spacial score (nSPS) is 11.9. The number of rotatable bonds is 6. The molecule has 0 spiro atoms. The zero-order valence-electron chi connectivity index (χ0n) is 10.9. The summed E-state index contributed by atoms with van der Waals surface area (Å²) in [7, 11) is 0. The summed E-state index contributed by atoms with van der Waals surface area (Å²) < 4.78 is 0. The van der Waals surface area contributed by atoms with E-state index >= 15 is 0 Å². The zero-order valence-corrected chi connectivity index (χ0v) is 11.7. The monoisotopic (exact) mass is 284 g/mol. The van der Waals surface area contributed by atoms with Gasteiger partial charge in [-0.3, -0.25) is 14.6 Å². The average Bonchev–Trinajstić information content (AvgIpc) is 2.33. The lowest BCUT2D eigenvalue weighted by Crippen LogP contribution is -2.30. The van der Waals surface area contributed by atoms with Gasteiger partial charge in [-0.1, -0.05) is 24.9 Å². The molecule has 1 aromatic heterocycles. The van der Waals surface area contributed by atoms with Gasteiger partial charge < -0.3 is 10.4 Å². The smallest absolute Gasteiger partial charge is 0.303 e. The minimum absolute atomic E-state index is 0.0384. The summed E-state index contributed by atoms with van der Waals surface area (Å²) in [6.07, 6.45) is 2.15. The largest absolute Gasteiger partial charge is 0.481 e. The molecule has 0 aromatic carbocycles. The van der Waals surface area contributed by atoms with Crippen LogP contribution in [-0.2, 0) is 4.79 Å². The predicted octanol–water partition coefficient (Wildman–Crippen LogP) is 2.27. The number of nitrogens with zero attached hydrogens (tertiary/aromatic N) is 1. The number of pyridine rings is 1. The maximum atomic E-state index is 11.9. The van der Waals surface area contributed by atoms with E-state index < -0.39 is 5.97 Å². The van der Waals surface area contributed by atoms with Crippen LogP contribution in [-0.4, -0.2) is 28.5 Å². The van der Waals surface area contributed by atoms with Crippen LogP contribution in [0.4, 0.5) is 0 Å². The molecule has 0 saturated heterocycles. The Hall–Kier alpha value is -1.62. The van der Waals surface area contributed by atoms with Gasteiger partial charge in [0.15, 0.2) is 0 Å². The summed E-state index contributed by atoms with van der Waals surface area (Å²) in [6, 6.07) is 1.62. The van der Waals surface area contributed by atoms with Crippen LogP contribution < -0.4 is 5.32 Å². The molecule has 0 aliphatic carbocycles. The zero-order chi connectivity index (χ0) is 14.4. The van der Waals surface area contributed by atoms with Gasteiger partial charge in [0.1, 0.15) is 0 Å². The second-order valence-corrected chi connectivity index (χ2v) is 4.79. The Kier molecular flexibility index (Phi) is 5.76. The number of carbonyl (C=O) groups is 2. The van der Waals surface area contributed by atoms with Crippen LogP contribution in [0.1, 0.15) is 35.8 Å². The van der Waals surface area contributed by atoms with E-state index in [0.29, 0.717) is 23.6 Å². The highest BCUT2D eigenvalue weighted by molar-refractivity contribution is 6.33. The number of carbonyl (C=O) groups excluding carboxylic acids is 1. The van der Waals surface area contributed by atoms with E-state index in [9.17, 15) is 9.59 Å². The van der Waals surface area contributed by atoms with Gasteiger partial charge in [-0.15, -0.1) is 0 Å². The third kappa shape index (κ3) is 4.87. The maximum Gasteiger partial charge on any atom is 0.303 e. The molecule has 19 heavy (non-hydrogen) atoms. The first-order chi connectivity index (χ1) is 8.93. The number of amides is 1. The van der Waals surface area contributed by atoms with Crippen molar-refractivity contribution in [1.82, 2.24) is 10.3 Å². The Balaban J connectivity index is 2.61. The Morgan fingerprint density at radius 1 is 1.53 bits per heavy atom. The topological polar surface area (TPSA) is 79.3 Å². The highest BCUT2D eigenvalue weighted by atomic mass is 35.5. The Bertz CT molecular complexity index is 477. The molecule has 2 N–H and O–H groups in total. The molecule has 0 fully saturated rings. The molecule has 0 radical (unpaired) electrons. The first-order valence-electron chi connectivity index (χ1n) is 6.06. The summed E-state index contributed by atoms with van der Waals surface area (Å²) in [5.41, 5.74) is 1.04. The fraction of sp³-hybridized carbons (Fsp3) is 0.462. The minimum atomic E-state index is -0.865. The first-order valence-corrected chi connectivity index (χ1v) is 6.44. The van der Waals surface area contributed by atoms with Crippen LogP contribution >= 0.6 is 11.6 Å². The van der Waals surface area contributed by atoms with E-state index in [4.69, 9.17) is 16.7 Å². The van der Waals surface area contributed by atoms with Crippen molar-refractivity contribution >= 4 is 23.5 Å². The van der Waals surface area contributed by atoms with Crippen molar-refractivity contribution in [2.24, 2.45) is 5.92 Å². The van der Waals surface area contributed by atoms with E-state index in [-0.39, 0.29) is 18.2 Å². The molecule has 104 valence electrons. The second-order valence-electron chi connectivity index (χ2n) is 4.39. The molecule has 5 nitrogen and oxygen atoms in total. The van der Waals surface area contributed by atoms with Crippen molar-refractivity contribution in [3.8, 4) is 0 Å². The van der Waals surface area contributed by atoms with Gasteiger partial charge in [0.25, 0.3) is 5.91 Å². The molecule has 1 unspecified atom stereocenters. The summed E-state index contributed by atoms with van der Waals surface area (Å²) in [5.74, 6) is -1.28. The lowest BCUT2D eigenvalue weighted by Gasteiger charge is -2.13. The van der Waals surface area contributed by atoms with Gasteiger partial charge in [0.05, 0.1) is 10.6 Å². The van der Waals surface area contributed by atoms with Crippen molar-refractivity contribution in [2.75, 3.05) is 6.54 Å². The Morgan fingerprint density at radius 2 is 2.21 bits per heavy atom. The van der Waals surface area contributed by atoms with E-state index in [1.165, 1.54) is 6.20 Å². The third-order valence-electron chi connectivity index (χ3n) is 2.83. The quantitative estimate of drug-likeness (QED) is 0.840. The molecular weight excluding hydrogens is 268 g/mol. The van der Waals surface area contributed by atoms with Crippen LogP contribution in [0, 0.1) is 12.8 Å². The summed E-state index contributed by atoms with van der Waals surface area (Å²) >= 11 is 5.96. The molecule has 1 amide bonds. The van der Waals surface area contributed by atoms with E-state index in [1.807, 2.05) is 6.92 Å². The average molecular weight is 285 g/mol. The number of carboxylic acid groups (broad SMARTS) is 1. The molecule has 0 aliphatic heterocycles. The van der Waals surface area contributed by atoms with Crippen LogP contribution in [0.25, 0.3) is 0 Å². The van der Waals surface area contributed by atoms with Crippen LogP contribution in [0.5, 0.6) is 0 Å². The number of hydrogen-bond donors (Lipinski definition) is 2. The van der Waals surface area contributed by atoms with E-state index in [0.717, 1.165) is 5.69 Å². The molecule has 1 rings (SSSR count). The van der Waals surface area contributed by atoms with Crippen molar-refractivity contribution in [3.63, 3.8) is 0 Å². The van der Waals surface area contributed by atoms with Gasteiger partial charge in [-0.2, -0.15) is 0 Å². The molecule has 1 aromatic rings. The Labute approximate surface area is 117 Å². The third-order valence-corrected chi connectivity index (χ3v) is 3.14. The molecule has 0 aliphatic rings. The first kappa shape index (κ1) is 15.4. The van der Waals surface area contributed by atoms with Crippen molar-refractivity contribution in [3.05, 3.63) is 28.5 Å². The van der Waals surface area contributed by atoms with Crippen molar-refractivity contribution in [2.45, 2.75) is 26.7 Å². The van der Waals surface area contributed by atoms with Crippen molar-refractivity contribution in [1.29, 1.82) is 0 Å². The molecule has 0 saturated carbocycles. The summed E-state index contributed by atoms with van der Waals surface area (Å²) in [6.45, 7) is 3.99. The number of carboxylic acids is 1. The van der Waals surface area contributed by atoms with Crippen LogP contribution in [0.2, 0.25) is 5.02 Å². The number of halogens is 1. The Morgan fingerprint density at radius 3 is 2.74 bits per heavy atom. The SMILES string of the molecule is CCC(CNC(=O)c1cnc(C)cc1Cl)CC(=O)O. The van der Waals surface area contributed by atoms with Crippen LogP contribution in [0.15, 0.2) is 12.3 Å². The molecule has 6 heteroatoms. The molecule has 1 atom stereocenters. The molecular formula is C13H17ClN2O3. The lowest BCUT2D eigenvalue weighted by atomic mass is 10.0. The highest BCUT2D eigenvalue weighted by Gasteiger charge is 2.15. The van der Waals surface area contributed by atoms with E-state index in [2.05, 4.69) is 10.3 Å². The van der Waals surface area contributed by atoms with Gasteiger partial charge in [0.2, 0.25) is 0 Å². The highest BCUT2D eigenvalue weighted by Crippen LogP contribution is 2.16. The van der Waals surface area contributed by atoms with Crippen molar-refractivity contribution < 1.29 is 14.7 Å². The maximum absolute atomic E-state index is 11.9. The summed E-state index contributed by atoms with van der Waals surface area (Å²) in [5, 5.41) is 11.8. The van der Waals surface area contributed by atoms with Gasteiger partial charge >= 0.3 is 5.97 Å². The van der Waals surface area contributed by atoms with Crippen LogP contribution in [0.3, 0.4) is 0 Å². The van der Waals surface area contributed by atoms with Gasteiger partial charge in [0, 0.05) is 24.9 Å². The molecule has 1 heterocycles. The number of aliphatic carboxylic acids is 1. The number of nitrogens with one attached hydrogen (secondary N) is 1. The number of aryl methyl sites for hydroxylation is 1. The second kappa shape index (κ2) is 7.09. The van der Waals surface area contributed by atoms with Gasteiger partial charge in [-0.05, 0) is 18.9 Å². The number of aromatic nitrogens is 1. The predicted molar refractivity (Wildman–Crippen MR) is 72.4 cm³/mol. The summed E-state index contributed by atoms with van der Waals surface area (Å²) in [4.78, 5) is 26.5. The number of hydrogen-bond acceptors (Lipinski definition) is 3. The minimum Gasteiger partial charge on any atom is -0.481 e.